The molecule has 0 radical (unpaired) electrons. The zero-order chi connectivity index (χ0) is 32.6. The highest BCUT2D eigenvalue weighted by atomic mass is 32.2. The SMILES string of the molecule is O=S(=O)(O)c1cc(N=Nc2c(O)ccc3c2CCC=C3)ccc1-c1ccc(N=Nc2c(O)ccc3ccccc23)cc1S(=O)(=O)O. The number of hydrogen-bond donors (Lipinski definition) is 4. The Labute approximate surface area is 263 Å². The lowest BCUT2D eigenvalue weighted by atomic mass is 9.95. The molecule has 0 heterocycles. The van der Waals surface area contributed by atoms with Crippen molar-refractivity contribution in [1.29, 1.82) is 0 Å². The van der Waals surface area contributed by atoms with Gasteiger partial charge in [-0.3, -0.25) is 9.11 Å². The van der Waals surface area contributed by atoms with Gasteiger partial charge < -0.3 is 10.2 Å². The van der Waals surface area contributed by atoms with Gasteiger partial charge in [0.15, 0.2) is 0 Å². The lowest BCUT2D eigenvalue weighted by molar-refractivity contribution is 0.475. The van der Waals surface area contributed by atoms with Crippen molar-refractivity contribution in [2.75, 3.05) is 0 Å². The molecular formula is C32H24N4O8S2. The molecule has 0 aromatic heterocycles. The fraction of sp³-hybridized carbons (Fsp3) is 0.0625. The van der Waals surface area contributed by atoms with Gasteiger partial charge in [0.05, 0.1) is 11.4 Å². The van der Waals surface area contributed by atoms with Crippen molar-refractivity contribution in [3.05, 3.63) is 102 Å². The van der Waals surface area contributed by atoms with Crippen LogP contribution in [0.25, 0.3) is 28.0 Å². The molecule has 5 aromatic carbocycles. The molecule has 1 aliphatic rings. The van der Waals surface area contributed by atoms with Crippen LogP contribution in [0.3, 0.4) is 0 Å². The second kappa shape index (κ2) is 11.9. The smallest absolute Gasteiger partial charge is 0.295 e. The van der Waals surface area contributed by atoms with Crippen LogP contribution in [0.5, 0.6) is 11.5 Å². The van der Waals surface area contributed by atoms with Gasteiger partial charge in [-0.15, -0.1) is 10.2 Å². The van der Waals surface area contributed by atoms with E-state index in [4.69, 9.17) is 0 Å². The van der Waals surface area contributed by atoms with Crippen molar-refractivity contribution in [3.8, 4) is 22.6 Å². The third-order valence-electron chi connectivity index (χ3n) is 7.34. The first kappa shape index (κ1) is 30.7. The predicted octanol–water partition coefficient (Wildman–Crippen LogP) is 8.20. The molecule has 0 bridgehead atoms. The zero-order valence-corrected chi connectivity index (χ0v) is 25.3. The number of allylic oxidation sites excluding steroid dienone is 1. The first-order valence-corrected chi connectivity index (χ1v) is 16.6. The highest BCUT2D eigenvalue weighted by Crippen LogP contribution is 2.41. The standard InChI is InChI=1S/C32H24N4O8S2/c37-27-15-9-19-5-1-3-7-23(19)31(27)35-33-21-11-13-25(29(17-21)45(39,40)41)26-14-12-22(18-30(26)46(42,43)44)34-36-32-24-8-4-2-6-20(24)10-16-28(32)38/h1-3,5-7,9-18,37-38H,4,8H2,(H,39,40,41)(H,42,43,44). The van der Waals surface area contributed by atoms with Gasteiger partial charge in [-0.05, 0) is 65.8 Å². The van der Waals surface area contributed by atoms with Gasteiger partial charge in [0.1, 0.15) is 32.7 Å². The van der Waals surface area contributed by atoms with Crippen LogP contribution in [0.2, 0.25) is 0 Å². The average molecular weight is 657 g/mol. The maximum Gasteiger partial charge on any atom is 0.295 e. The van der Waals surface area contributed by atoms with Crippen molar-refractivity contribution in [2.24, 2.45) is 20.5 Å². The lowest BCUT2D eigenvalue weighted by Gasteiger charge is -2.14. The Hall–Kier alpha value is -5.28. The highest BCUT2D eigenvalue weighted by Gasteiger charge is 2.24. The maximum absolute atomic E-state index is 12.5. The van der Waals surface area contributed by atoms with Gasteiger partial charge in [-0.2, -0.15) is 27.1 Å². The van der Waals surface area contributed by atoms with Gasteiger partial charge in [0, 0.05) is 16.5 Å². The van der Waals surface area contributed by atoms with Crippen LogP contribution in [-0.4, -0.2) is 36.2 Å². The van der Waals surface area contributed by atoms with Gasteiger partial charge in [-0.1, -0.05) is 60.7 Å². The van der Waals surface area contributed by atoms with Crippen molar-refractivity contribution < 1.29 is 36.2 Å². The summed E-state index contributed by atoms with van der Waals surface area (Å²) in [5, 5.41) is 38.5. The minimum Gasteiger partial charge on any atom is -0.506 e. The Morgan fingerprint density at radius 3 is 1.80 bits per heavy atom. The first-order valence-electron chi connectivity index (χ1n) is 13.7. The molecule has 0 saturated carbocycles. The molecule has 0 aliphatic heterocycles. The Morgan fingerprint density at radius 2 is 1.17 bits per heavy atom. The summed E-state index contributed by atoms with van der Waals surface area (Å²) in [6.45, 7) is 0. The molecule has 0 spiro atoms. The molecule has 1 aliphatic carbocycles. The molecule has 0 unspecified atom stereocenters. The Balaban J connectivity index is 1.41. The number of aromatic hydroxyl groups is 2. The number of fused-ring (bicyclic) bond motifs is 2. The van der Waals surface area contributed by atoms with Gasteiger partial charge in [-0.25, -0.2) is 0 Å². The quantitative estimate of drug-likeness (QED) is 0.0992. The zero-order valence-electron chi connectivity index (χ0n) is 23.7. The van der Waals surface area contributed by atoms with Crippen LogP contribution < -0.4 is 0 Å². The second-order valence-corrected chi connectivity index (χ2v) is 13.1. The molecule has 0 fully saturated rings. The lowest BCUT2D eigenvalue weighted by Crippen LogP contribution is -2.05. The van der Waals surface area contributed by atoms with E-state index in [0.29, 0.717) is 11.8 Å². The molecule has 5 aromatic rings. The molecular weight excluding hydrogens is 633 g/mol. The Bertz CT molecular complexity index is 2350. The third-order valence-corrected chi connectivity index (χ3v) is 9.13. The van der Waals surface area contributed by atoms with Crippen LogP contribution in [0, 0.1) is 0 Å². The summed E-state index contributed by atoms with van der Waals surface area (Å²) >= 11 is 0. The highest BCUT2D eigenvalue weighted by molar-refractivity contribution is 7.86. The van der Waals surface area contributed by atoms with E-state index >= 15 is 0 Å². The van der Waals surface area contributed by atoms with E-state index < -0.39 is 30.0 Å². The number of phenols is 2. The molecule has 12 nitrogen and oxygen atoms in total. The minimum absolute atomic E-state index is 0.0200. The summed E-state index contributed by atoms with van der Waals surface area (Å²) in [5.74, 6) is -0.279. The first-order chi connectivity index (χ1) is 21.9. The molecule has 6 rings (SSSR count). The van der Waals surface area contributed by atoms with Crippen molar-refractivity contribution >= 4 is 59.8 Å². The summed E-state index contributed by atoms with van der Waals surface area (Å²) < 4.78 is 70.2. The summed E-state index contributed by atoms with van der Waals surface area (Å²) in [4.78, 5) is -1.41. The van der Waals surface area contributed by atoms with Crippen LogP contribution in [-0.2, 0) is 26.7 Å². The average Bonchev–Trinajstić information content (AvgIpc) is 3.03. The minimum atomic E-state index is -4.96. The van der Waals surface area contributed by atoms with Crippen LogP contribution in [0.1, 0.15) is 17.5 Å². The summed E-state index contributed by atoms with van der Waals surface area (Å²) in [7, 11) is -9.93. The van der Waals surface area contributed by atoms with Crippen molar-refractivity contribution in [1.82, 2.24) is 0 Å². The predicted molar refractivity (Wildman–Crippen MR) is 171 cm³/mol. The molecule has 46 heavy (non-hydrogen) atoms. The maximum atomic E-state index is 12.5. The fourth-order valence-electron chi connectivity index (χ4n) is 5.19. The van der Waals surface area contributed by atoms with E-state index in [1.807, 2.05) is 24.3 Å². The van der Waals surface area contributed by atoms with E-state index in [-0.39, 0.29) is 45.4 Å². The molecule has 232 valence electrons. The monoisotopic (exact) mass is 656 g/mol. The number of azo groups is 2. The third kappa shape index (κ3) is 6.14. The normalized spacial score (nSPS) is 13.5. The number of nitrogens with zero attached hydrogens (tertiary/aromatic N) is 4. The second-order valence-electron chi connectivity index (χ2n) is 10.3. The summed E-state index contributed by atoms with van der Waals surface area (Å²) in [6.07, 6.45) is 5.24. The van der Waals surface area contributed by atoms with E-state index in [1.54, 1.807) is 24.3 Å². The Kier molecular flexibility index (Phi) is 7.96. The van der Waals surface area contributed by atoms with E-state index in [9.17, 15) is 36.2 Å². The summed E-state index contributed by atoms with van der Waals surface area (Å²) in [6, 6.07) is 20.5. The van der Waals surface area contributed by atoms with Crippen LogP contribution in [0.15, 0.2) is 121 Å². The summed E-state index contributed by atoms with van der Waals surface area (Å²) in [5.41, 5.74) is 1.41. The van der Waals surface area contributed by atoms with Crippen molar-refractivity contribution in [2.45, 2.75) is 22.6 Å². The fourth-order valence-corrected chi connectivity index (χ4v) is 6.64. The largest absolute Gasteiger partial charge is 0.506 e. The van der Waals surface area contributed by atoms with Gasteiger partial charge in [0.2, 0.25) is 0 Å². The van der Waals surface area contributed by atoms with Crippen LogP contribution in [0.4, 0.5) is 22.7 Å². The molecule has 0 atom stereocenters. The van der Waals surface area contributed by atoms with E-state index in [2.05, 4.69) is 20.5 Å². The number of benzene rings is 5. The Morgan fingerprint density at radius 1 is 0.609 bits per heavy atom. The number of phenolic OH excluding ortho intramolecular Hbond substituents is 2. The van der Waals surface area contributed by atoms with E-state index in [1.165, 1.54) is 36.4 Å². The molecule has 14 heteroatoms. The van der Waals surface area contributed by atoms with E-state index in [0.717, 1.165) is 35.1 Å². The van der Waals surface area contributed by atoms with Crippen LogP contribution >= 0.6 is 0 Å². The molecule has 4 N–H and O–H groups in total. The molecule has 0 saturated heterocycles. The van der Waals surface area contributed by atoms with Gasteiger partial charge >= 0.3 is 0 Å². The topological polar surface area (TPSA) is 199 Å². The molecule has 0 amide bonds. The van der Waals surface area contributed by atoms with Crippen molar-refractivity contribution in [3.63, 3.8) is 0 Å². The number of rotatable bonds is 7. The van der Waals surface area contributed by atoms with Gasteiger partial charge in [0.25, 0.3) is 20.2 Å². The number of hydrogen-bond acceptors (Lipinski definition) is 10.